The fourth-order valence-corrected chi connectivity index (χ4v) is 5.80. The SMILES string of the molecule is CC(C)N(C(C)C)P(OCc1ccc(Cl)cc1Cl)N(C(C)C)C(C)C. The molecule has 6 heteroatoms. The molecule has 0 aliphatic carbocycles. The van der Waals surface area contributed by atoms with Crippen molar-refractivity contribution in [1.82, 2.24) is 9.34 Å². The van der Waals surface area contributed by atoms with Gasteiger partial charge < -0.3 is 4.52 Å². The van der Waals surface area contributed by atoms with Crippen molar-refractivity contribution in [2.24, 2.45) is 0 Å². The molecular weight excluding hydrogens is 374 g/mol. The summed E-state index contributed by atoms with van der Waals surface area (Å²) < 4.78 is 11.5. The van der Waals surface area contributed by atoms with Gasteiger partial charge in [-0.15, -0.1) is 0 Å². The second-order valence-corrected chi connectivity index (χ2v) is 9.93. The molecule has 0 aromatic heterocycles. The zero-order valence-electron chi connectivity index (χ0n) is 16.8. The topological polar surface area (TPSA) is 15.7 Å². The van der Waals surface area contributed by atoms with E-state index in [4.69, 9.17) is 27.7 Å². The first-order valence-corrected chi connectivity index (χ1v) is 10.9. The van der Waals surface area contributed by atoms with Crippen LogP contribution in [0.5, 0.6) is 0 Å². The van der Waals surface area contributed by atoms with Crippen LogP contribution >= 0.6 is 31.7 Å². The van der Waals surface area contributed by atoms with Crippen LogP contribution in [0, 0.1) is 0 Å². The van der Waals surface area contributed by atoms with Gasteiger partial charge in [-0.1, -0.05) is 29.3 Å². The van der Waals surface area contributed by atoms with Gasteiger partial charge in [0.05, 0.1) is 6.61 Å². The standard InChI is InChI=1S/C19H33Cl2N2OP/c1-13(2)22(14(3)4)25(23(15(5)6)16(7)8)24-12-17-9-10-18(20)11-19(17)21/h9-11,13-16H,12H2,1-8H3. The smallest absolute Gasteiger partial charge is 0.189 e. The first-order chi connectivity index (χ1) is 11.6. The fraction of sp³-hybridized carbons (Fsp3) is 0.684. The molecule has 0 unspecified atom stereocenters. The van der Waals surface area contributed by atoms with Crippen LogP contribution in [0.2, 0.25) is 10.0 Å². The average Bonchev–Trinajstić information content (AvgIpc) is 2.44. The number of nitrogens with zero attached hydrogens (tertiary/aromatic N) is 2. The highest BCUT2D eigenvalue weighted by Gasteiger charge is 2.34. The molecule has 0 bridgehead atoms. The molecule has 144 valence electrons. The van der Waals surface area contributed by atoms with Crippen LogP contribution in [0.15, 0.2) is 18.2 Å². The van der Waals surface area contributed by atoms with E-state index in [1.54, 1.807) is 6.07 Å². The first kappa shape index (κ1) is 23.1. The fourth-order valence-electron chi connectivity index (χ4n) is 3.00. The minimum atomic E-state index is -0.914. The zero-order chi connectivity index (χ0) is 19.3. The summed E-state index contributed by atoms with van der Waals surface area (Å²) in [6, 6.07) is 7.16. The Balaban J connectivity index is 3.12. The van der Waals surface area contributed by atoms with Crippen molar-refractivity contribution >= 4 is 31.7 Å². The molecule has 25 heavy (non-hydrogen) atoms. The molecule has 1 aromatic rings. The monoisotopic (exact) mass is 406 g/mol. The Morgan fingerprint density at radius 1 is 0.840 bits per heavy atom. The summed E-state index contributed by atoms with van der Waals surface area (Å²) in [6.07, 6.45) is 0. The van der Waals surface area contributed by atoms with Gasteiger partial charge in [-0.2, -0.15) is 0 Å². The summed E-state index contributed by atoms with van der Waals surface area (Å²) in [7, 11) is -0.914. The minimum Gasteiger partial charge on any atom is -0.326 e. The Hall–Kier alpha value is 0.110. The molecule has 0 amide bonds. The predicted octanol–water partition coefficient (Wildman–Crippen LogP) is 6.97. The van der Waals surface area contributed by atoms with Crippen LogP contribution < -0.4 is 0 Å². The van der Waals surface area contributed by atoms with Gasteiger partial charge in [0.1, 0.15) is 0 Å². The minimum absolute atomic E-state index is 0.395. The molecule has 0 N–H and O–H groups in total. The number of halogens is 2. The van der Waals surface area contributed by atoms with Crippen LogP contribution in [-0.4, -0.2) is 33.5 Å². The van der Waals surface area contributed by atoms with Crippen molar-refractivity contribution in [2.45, 2.75) is 86.2 Å². The summed E-state index contributed by atoms with van der Waals surface area (Å²) in [5.41, 5.74) is 0.971. The van der Waals surface area contributed by atoms with Crippen molar-refractivity contribution in [2.75, 3.05) is 0 Å². The molecule has 0 atom stereocenters. The van der Waals surface area contributed by atoms with Crippen LogP contribution in [0.3, 0.4) is 0 Å². The third-order valence-corrected chi connectivity index (χ3v) is 7.45. The van der Waals surface area contributed by atoms with Gasteiger partial charge in [-0.05, 0) is 73.1 Å². The summed E-state index contributed by atoms with van der Waals surface area (Å²) in [5, 5.41) is 1.30. The van der Waals surface area contributed by atoms with Gasteiger partial charge in [0.15, 0.2) is 8.45 Å². The van der Waals surface area contributed by atoms with Crippen LogP contribution in [0.25, 0.3) is 0 Å². The highest BCUT2D eigenvalue weighted by atomic mass is 35.5. The van der Waals surface area contributed by atoms with E-state index in [2.05, 4.69) is 64.7 Å². The van der Waals surface area contributed by atoms with E-state index in [1.165, 1.54) is 0 Å². The van der Waals surface area contributed by atoms with Crippen LogP contribution in [0.4, 0.5) is 0 Å². The third-order valence-electron chi connectivity index (χ3n) is 3.86. The lowest BCUT2D eigenvalue weighted by Crippen LogP contribution is -2.43. The van der Waals surface area contributed by atoms with Gasteiger partial charge in [0.25, 0.3) is 0 Å². The number of rotatable bonds is 9. The van der Waals surface area contributed by atoms with Gasteiger partial charge >= 0.3 is 0 Å². The van der Waals surface area contributed by atoms with Crippen molar-refractivity contribution in [1.29, 1.82) is 0 Å². The number of hydrogen-bond donors (Lipinski definition) is 0. The van der Waals surface area contributed by atoms with Gasteiger partial charge in [-0.25, -0.2) is 9.34 Å². The van der Waals surface area contributed by atoms with Crippen LogP contribution in [-0.2, 0) is 11.1 Å². The molecule has 0 fully saturated rings. The van der Waals surface area contributed by atoms with Gasteiger partial charge in [0.2, 0.25) is 0 Å². The Morgan fingerprint density at radius 3 is 1.64 bits per heavy atom. The predicted molar refractivity (Wildman–Crippen MR) is 112 cm³/mol. The van der Waals surface area contributed by atoms with E-state index in [0.29, 0.717) is 40.8 Å². The molecule has 3 nitrogen and oxygen atoms in total. The molecule has 1 rings (SSSR count). The third kappa shape index (κ3) is 6.65. The Kier molecular flexibility index (Phi) is 9.67. The Labute approximate surface area is 165 Å². The largest absolute Gasteiger partial charge is 0.326 e. The molecule has 0 aliphatic rings. The maximum atomic E-state index is 6.51. The summed E-state index contributed by atoms with van der Waals surface area (Å²) >= 11 is 12.3. The summed E-state index contributed by atoms with van der Waals surface area (Å²) in [4.78, 5) is 0. The Bertz CT molecular complexity index is 502. The second-order valence-electron chi connectivity index (χ2n) is 7.40. The number of hydrogen-bond acceptors (Lipinski definition) is 3. The van der Waals surface area contributed by atoms with E-state index in [0.717, 1.165) is 5.56 Å². The summed E-state index contributed by atoms with van der Waals surface area (Å²) in [6.45, 7) is 18.3. The van der Waals surface area contributed by atoms with Gasteiger partial charge in [-0.3, -0.25) is 0 Å². The second kappa shape index (κ2) is 10.4. The van der Waals surface area contributed by atoms with Crippen LogP contribution in [0.1, 0.15) is 61.0 Å². The molecule has 0 saturated heterocycles. The first-order valence-electron chi connectivity index (χ1n) is 8.99. The highest BCUT2D eigenvalue weighted by Crippen LogP contribution is 2.51. The average molecular weight is 407 g/mol. The maximum absolute atomic E-state index is 6.51. The Morgan fingerprint density at radius 2 is 1.28 bits per heavy atom. The van der Waals surface area contributed by atoms with E-state index in [-0.39, 0.29) is 0 Å². The lowest BCUT2D eigenvalue weighted by molar-refractivity contribution is 0.182. The maximum Gasteiger partial charge on any atom is 0.189 e. The van der Waals surface area contributed by atoms with Crippen molar-refractivity contribution in [3.05, 3.63) is 33.8 Å². The molecule has 0 spiro atoms. The summed E-state index contributed by atoms with van der Waals surface area (Å²) in [5.74, 6) is 0. The van der Waals surface area contributed by atoms with Crippen molar-refractivity contribution < 1.29 is 4.52 Å². The van der Waals surface area contributed by atoms with E-state index >= 15 is 0 Å². The van der Waals surface area contributed by atoms with E-state index < -0.39 is 8.45 Å². The highest BCUT2D eigenvalue weighted by molar-refractivity contribution is 7.47. The quantitative estimate of drug-likeness (QED) is 0.411. The van der Waals surface area contributed by atoms with Crippen molar-refractivity contribution in [3.63, 3.8) is 0 Å². The lowest BCUT2D eigenvalue weighted by atomic mass is 10.2. The molecular formula is C19H33Cl2N2OP. The number of benzene rings is 1. The molecule has 1 aromatic carbocycles. The zero-order valence-corrected chi connectivity index (χ0v) is 19.2. The molecule has 0 heterocycles. The lowest BCUT2D eigenvalue weighted by Gasteiger charge is -2.45. The molecule has 0 aliphatic heterocycles. The normalized spacial score (nSPS) is 12.8. The van der Waals surface area contributed by atoms with Gasteiger partial charge in [0, 0.05) is 34.2 Å². The molecule has 0 radical (unpaired) electrons. The van der Waals surface area contributed by atoms with E-state index in [1.807, 2.05) is 12.1 Å². The van der Waals surface area contributed by atoms with Crippen molar-refractivity contribution in [3.8, 4) is 0 Å². The van der Waals surface area contributed by atoms with E-state index in [9.17, 15) is 0 Å². The molecule has 0 saturated carbocycles.